The molecule has 0 spiro atoms. The SMILES string of the molecule is C[C@@H](NC(=O)NCC1CC=CCC1)C(=O)O. The Kier molecular flexibility index (Phi) is 4.82. The number of allylic oxidation sites excluding steroid dienone is 2. The van der Waals surface area contributed by atoms with Crippen LogP contribution in [0.15, 0.2) is 12.2 Å². The zero-order valence-corrected chi connectivity index (χ0v) is 9.40. The van der Waals surface area contributed by atoms with Crippen LogP contribution in [-0.4, -0.2) is 29.7 Å². The summed E-state index contributed by atoms with van der Waals surface area (Å²) in [6, 6.07) is -1.27. The molecule has 1 aliphatic carbocycles. The van der Waals surface area contributed by atoms with Crippen LogP contribution in [0.25, 0.3) is 0 Å². The fourth-order valence-corrected chi connectivity index (χ4v) is 1.59. The minimum Gasteiger partial charge on any atom is -0.480 e. The number of carbonyl (C=O) groups is 2. The average molecular weight is 226 g/mol. The summed E-state index contributed by atoms with van der Waals surface area (Å²) < 4.78 is 0. The van der Waals surface area contributed by atoms with E-state index in [4.69, 9.17) is 5.11 Å². The van der Waals surface area contributed by atoms with Crippen molar-refractivity contribution in [3.05, 3.63) is 12.2 Å². The third kappa shape index (κ3) is 4.33. The minimum atomic E-state index is -1.03. The Balaban J connectivity index is 2.19. The van der Waals surface area contributed by atoms with Crippen molar-refractivity contribution >= 4 is 12.0 Å². The number of carbonyl (C=O) groups excluding carboxylic acids is 1. The van der Waals surface area contributed by atoms with Gasteiger partial charge in [-0.1, -0.05) is 12.2 Å². The van der Waals surface area contributed by atoms with Gasteiger partial charge in [0.15, 0.2) is 0 Å². The van der Waals surface area contributed by atoms with Crippen molar-refractivity contribution in [3.8, 4) is 0 Å². The van der Waals surface area contributed by atoms with E-state index in [1.165, 1.54) is 6.92 Å². The molecule has 0 saturated carbocycles. The molecule has 1 aliphatic rings. The van der Waals surface area contributed by atoms with Crippen LogP contribution in [0.1, 0.15) is 26.2 Å². The Morgan fingerprint density at radius 2 is 2.25 bits per heavy atom. The second kappa shape index (κ2) is 6.15. The highest BCUT2D eigenvalue weighted by molar-refractivity contribution is 5.82. The van der Waals surface area contributed by atoms with E-state index >= 15 is 0 Å². The molecule has 5 heteroatoms. The highest BCUT2D eigenvalue weighted by atomic mass is 16.4. The predicted octanol–water partition coefficient (Wildman–Crippen LogP) is 1.11. The Bertz CT molecular complexity index is 289. The molecule has 0 fully saturated rings. The van der Waals surface area contributed by atoms with Crippen LogP contribution in [0.3, 0.4) is 0 Å². The summed E-state index contributed by atoms with van der Waals surface area (Å²) in [5.74, 6) is -0.563. The molecule has 0 heterocycles. The Morgan fingerprint density at radius 1 is 1.50 bits per heavy atom. The average Bonchev–Trinajstić information content (AvgIpc) is 2.27. The van der Waals surface area contributed by atoms with Crippen molar-refractivity contribution in [2.24, 2.45) is 5.92 Å². The van der Waals surface area contributed by atoms with Crippen LogP contribution in [0.4, 0.5) is 4.79 Å². The topological polar surface area (TPSA) is 78.4 Å². The van der Waals surface area contributed by atoms with E-state index in [9.17, 15) is 9.59 Å². The van der Waals surface area contributed by atoms with Gasteiger partial charge in [-0.3, -0.25) is 4.79 Å². The maximum atomic E-state index is 11.3. The van der Waals surface area contributed by atoms with Gasteiger partial charge in [0.1, 0.15) is 6.04 Å². The first-order valence-electron chi connectivity index (χ1n) is 5.51. The van der Waals surface area contributed by atoms with Gasteiger partial charge in [0.2, 0.25) is 0 Å². The van der Waals surface area contributed by atoms with Crippen molar-refractivity contribution in [3.63, 3.8) is 0 Å². The number of nitrogens with one attached hydrogen (secondary N) is 2. The standard InChI is InChI=1S/C11H18N2O3/c1-8(10(14)15)13-11(16)12-7-9-5-3-2-4-6-9/h2-3,8-9H,4-7H2,1H3,(H,14,15)(H2,12,13,16)/t8-,9?/m1/s1. The van der Waals surface area contributed by atoms with Crippen molar-refractivity contribution in [1.29, 1.82) is 0 Å². The second-order valence-corrected chi connectivity index (χ2v) is 4.06. The quantitative estimate of drug-likeness (QED) is 0.628. The van der Waals surface area contributed by atoms with Crippen LogP contribution < -0.4 is 10.6 Å². The van der Waals surface area contributed by atoms with Crippen molar-refractivity contribution in [2.45, 2.75) is 32.2 Å². The van der Waals surface area contributed by atoms with Gasteiger partial charge in [-0.2, -0.15) is 0 Å². The molecular weight excluding hydrogens is 208 g/mol. The molecule has 5 nitrogen and oxygen atoms in total. The van der Waals surface area contributed by atoms with E-state index in [-0.39, 0.29) is 0 Å². The molecule has 3 N–H and O–H groups in total. The maximum Gasteiger partial charge on any atom is 0.325 e. The Morgan fingerprint density at radius 3 is 2.81 bits per heavy atom. The summed E-state index contributed by atoms with van der Waals surface area (Å²) in [6.45, 7) is 2.04. The third-order valence-corrected chi connectivity index (χ3v) is 2.65. The Hall–Kier alpha value is -1.52. The van der Waals surface area contributed by atoms with Crippen LogP contribution in [-0.2, 0) is 4.79 Å². The van der Waals surface area contributed by atoms with Crippen LogP contribution in [0.2, 0.25) is 0 Å². The van der Waals surface area contributed by atoms with E-state index < -0.39 is 18.0 Å². The first-order chi connectivity index (χ1) is 7.59. The summed E-state index contributed by atoms with van der Waals surface area (Å²) in [5, 5.41) is 13.6. The number of carboxylic acid groups (broad SMARTS) is 1. The number of hydrogen-bond donors (Lipinski definition) is 3. The highest BCUT2D eigenvalue weighted by Gasteiger charge is 2.15. The fraction of sp³-hybridized carbons (Fsp3) is 0.636. The van der Waals surface area contributed by atoms with Gasteiger partial charge in [0.05, 0.1) is 0 Å². The number of aliphatic carboxylic acids is 1. The van der Waals surface area contributed by atoms with Crippen LogP contribution in [0, 0.1) is 5.92 Å². The number of urea groups is 1. The summed E-state index contributed by atoms with van der Waals surface area (Å²) in [4.78, 5) is 21.8. The van der Waals surface area contributed by atoms with Crippen molar-refractivity contribution < 1.29 is 14.7 Å². The largest absolute Gasteiger partial charge is 0.480 e. The van der Waals surface area contributed by atoms with E-state index in [1.807, 2.05) is 0 Å². The third-order valence-electron chi connectivity index (χ3n) is 2.65. The van der Waals surface area contributed by atoms with Crippen molar-refractivity contribution in [1.82, 2.24) is 10.6 Å². The van der Waals surface area contributed by atoms with Gasteiger partial charge in [-0.15, -0.1) is 0 Å². The molecule has 0 aromatic rings. The van der Waals surface area contributed by atoms with Crippen LogP contribution >= 0.6 is 0 Å². The lowest BCUT2D eigenvalue weighted by atomic mass is 9.94. The molecule has 0 bridgehead atoms. The fourth-order valence-electron chi connectivity index (χ4n) is 1.59. The summed E-state index contributed by atoms with van der Waals surface area (Å²) in [6.07, 6.45) is 7.37. The first-order valence-corrected chi connectivity index (χ1v) is 5.51. The zero-order valence-electron chi connectivity index (χ0n) is 9.40. The highest BCUT2D eigenvalue weighted by Crippen LogP contribution is 2.16. The van der Waals surface area contributed by atoms with Gasteiger partial charge < -0.3 is 15.7 Å². The molecule has 16 heavy (non-hydrogen) atoms. The number of rotatable bonds is 4. The van der Waals surface area contributed by atoms with Gasteiger partial charge in [-0.05, 0) is 32.1 Å². The number of amides is 2. The molecule has 0 aliphatic heterocycles. The minimum absolute atomic E-state index is 0.413. The van der Waals surface area contributed by atoms with Crippen LogP contribution in [0.5, 0.6) is 0 Å². The summed E-state index contributed by atoms with van der Waals surface area (Å²) in [5.41, 5.74) is 0. The van der Waals surface area contributed by atoms with Gasteiger partial charge in [0.25, 0.3) is 0 Å². The smallest absolute Gasteiger partial charge is 0.325 e. The number of carboxylic acids is 1. The summed E-state index contributed by atoms with van der Waals surface area (Å²) >= 11 is 0. The molecule has 0 radical (unpaired) electrons. The Labute approximate surface area is 94.9 Å². The summed E-state index contributed by atoms with van der Waals surface area (Å²) in [7, 11) is 0. The normalized spacial score (nSPS) is 21.2. The molecule has 0 aromatic carbocycles. The lowest BCUT2D eigenvalue weighted by Crippen LogP contribution is -2.45. The van der Waals surface area contributed by atoms with E-state index in [2.05, 4.69) is 22.8 Å². The predicted molar refractivity (Wildman–Crippen MR) is 60.1 cm³/mol. The zero-order chi connectivity index (χ0) is 12.0. The maximum absolute atomic E-state index is 11.3. The molecule has 2 atom stereocenters. The van der Waals surface area contributed by atoms with Gasteiger partial charge >= 0.3 is 12.0 Å². The van der Waals surface area contributed by atoms with E-state index in [0.29, 0.717) is 12.5 Å². The lowest BCUT2D eigenvalue weighted by molar-refractivity contribution is -0.138. The molecule has 1 rings (SSSR count). The molecule has 0 saturated heterocycles. The monoisotopic (exact) mass is 226 g/mol. The molecule has 0 aromatic heterocycles. The number of hydrogen-bond acceptors (Lipinski definition) is 2. The van der Waals surface area contributed by atoms with Gasteiger partial charge in [0, 0.05) is 6.54 Å². The molecular formula is C11H18N2O3. The lowest BCUT2D eigenvalue weighted by Gasteiger charge is -2.18. The molecule has 90 valence electrons. The first kappa shape index (κ1) is 12.5. The van der Waals surface area contributed by atoms with Gasteiger partial charge in [-0.25, -0.2) is 4.79 Å². The molecule has 2 amide bonds. The molecule has 1 unspecified atom stereocenters. The van der Waals surface area contributed by atoms with E-state index in [1.54, 1.807) is 0 Å². The second-order valence-electron chi connectivity index (χ2n) is 4.06. The van der Waals surface area contributed by atoms with Crippen molar-refractivity contribution in [2.75, 3.05) is 6.54 Å². The van der Waals surface area contributed by atoms with E-state index in [0.717, 1.165) is 19.3 Å².